The molecule has 2 aromatic carbocycles. The molecule has 24 heavy (non-hydrogen) atoms. The highest BCUT2D eigenvalue weighted by atomic mass is 16.5. The van der Waals surface area contributed by atoms with E-state index in [-0.39, 0.29) is 0 Å². The van der Waals surface area contributed by atoms with Gasteiger partial charge in [-0.1, -0.05) is 12.1 Å². The molecule has 0 aliphatic heterocycles. The number of aliphatic imine (C=N–C) groups is 1. The molecule has 0 aromatic heterocycles. The van der Waals surface area contributed by atoms with E-state index >= 15 is 0 Å². The predicted octanol–water partition coefficient (Wildman–Crippen LogP) is 3.91. The van der Waals surface area contributed by atoms with Crippen LogP contribution in [0, 0.1) is 13.8 Å². The number of carboxylic acids is 1. The quantitative estimate of drug-likeness (QED) is 0.817. The Morgan fingerprint density at radius 3 is 2.58 bits per heavy atom. The lowest BCUT2D eigenvalue weighted by atomic mass is 10.1. The molecule has 0 fully saturated rings. The van der Waals surface area contributed by atoms with Crippen LogP contribution in [0.4, 0.5) is 5.69 Å². The van der Waals surface area contributed by atoms with Crippen LogP contribution in [0.15, 0.2) is 41.4 Å². The number of carbonyl (C=O) groups is 1. The molecule has 126 valence electrons. The fraction of sp³-hybridized carbons (Fsp3) is 0.263. The van der Waals surface area contributed by atoms with Crippen LogP contribution in [0.2, 0.25) is 0 Å². The maximum absolute atomic E-state index is 10.9. The van der Waals surface area contributed by atoms with Crippen molar-refractivity contribution in [2.45, 2.75) is 26.9 Å². The second-order valence-electron chi connectivity index (χ2n) is 5.56. The molecule has 2 aromatic rings. The van der Waals surface area contributed by atoms with Gasteiger partial charge in [-0.3, -0.25) is 4.99 Å². The standard InChI is InChI=1S/C19H21NO4/c1-12-5-6-13(2)16(9-12)20-11-15-7-8-17(18(10-15)23-4)24-14(3)19(21)22/h5-11,14H,1-4H3,(H,21,22)/t14-/m1/s1. The van der Waals surface area contributed by atoms with Crippen molar-refractivity contribution in [2.24, 2.45) is 4.99 Å². The van der Waals surface area contributed by atoms with E-state index in [1.54, 1.807) is 24.4 Å². The second-order valence-corrected chi connectivity index (χ2v) is 5.56. The monoisotopic (exact) mass is 327 g/mol. The number of hydrogen-bond acceptors (Lipinski definition) is 4. The normalized spacial score (nSPS) is 12.2. The van der Waals surface area contributed by atoms with Gasteiger partial charge in [0.2, 0.25) is 0 Å². The Labute approximate surface area is 141 Å². The topological polar surface area (TPSA) is 68.1 Å². The van der Waals surface area contributed by atoms with Gasteiger partial charge in [0, 0.05) is 6.21 Å². The molecule has 0 bridgehead atoms. The SMILES string of the molecule is COc1cc(C=Nc2cc(C)ccc2C)ccc1O[C@H](C)C(=O)O. The zero-order chi connectivity index (χ0) is 17.7. The van der Waals surface area contributed by atoms with Gasteiger partial charge in [0.1, 0.15) is 0 Å². The number of aliphatic carboxylic acids is 1. The first-order chi connectivity index (χ1) is 11.4. The van der Waals surface area contributed by atoms with E-state index in [9.17, 15) is 4.79 Å². The number of rotatable bonds is 6. The van der Waals surface area contributed by atoms with Crippen LogP contribution in [-0.4, -0.2) is 30.5 Å². The van der Waals surface area contributed by atoms with Crippen LogP contribution in [-0.2, 0) is 4.79 Å². The maximum atomic E-state index is 10.9. The third-order valence-corrected chi connectivity index (χ3v) is 3.56. The molecule has 0 aliphatic carbocycles. The third-order valence-electron chi connectivity index (χ3n) is 3.56. The Hall–Kier alpha value is -2.82. The molecule has 0 saturated heterocycles. The molecule has 2 rings (SSSR count). The van der Waals surface area contributed by atoms with Crippen LogP contribution < -0.4 is 9.47 Å². The summed E-state index contributed by atoms with van der Waals surface area (Å²) < 4.78 is 10.7. The van der Waals surface area contributed by atoms with Crippen molar-refractivity contribution in [3.63, 3.8) is 0 Å². The van der Waals surface area contributed by atoms with Gasteiger partial charge in [0.15, 0.2) is 17.6 Å². The third kappa shape index (κ3) is 4.35. The Balaban J connectivity index is 2.24. The van der Waals surface area contributed by atoms with E-state index in [4.69, 9.17) is 14.6 Å². The Morgan fingerprint density at radius 1 is 1.17 bits per heavy atom. The van der Waals surface area contributed by atoms with Crippen LogP contribution in [0.1, 0.15) is 23.6 Å². The van der Waals surface area contributed by atoms with Gasteiger partial charge in [-0.25, -0.2) is 4.79 Å². The summed E-state index contributed by atoms with van der Waals surface area (Å²) in [5.74, 6) is -0.179. The molecule has 5 heteroatoms. The number of ether oxygens (including phenoxy) is 2. The lowest BCUT2D eigenvalue weighted by Crippen LogP contribution is -2.23. The molecular weight excluding hydrogens is 306 g/mol. The summed E-state index contributed by atoms with van der Waals surface area (Å²) in [7, 11) is 1.51. The van der Waals surface area contributed by atoms with Crippen molar-refractivity contribution in [3.05, 3.63) is 53.1 Å². The van der Waals surface area contributed by atoms with Crippen LogP contribution in [0.3, 0.4) is 0 Å². The molecule has 0 aliphatic rings. The molecule has 0 saturated carbocycles. The number of aryl methyl sites for hydroxylation is 2. The Morgan fingerprint density at radius 2 is 1.92 bits per heavy atom. The lowest BCUT2D eigenvalue weighted by Gasteiger charge is -2.14. The summed E-state index contributed by atoms with van der Waals surface area (Å²) in [6.45, 7) is 5.51. The van der Waals surface area contributed by atoms with E-state index in [1.165, 1.54) is 14.0 Å². The fourth-order valence-electron chi connectivity index (χ4n) is 2.11. The van der Waals surface area contributed by atoms with Crippen molar-refractivity contribution < 1.29 is 19.4 Å². The van der Waals surface area contributed by atoms with Gasteiger partial charge in [-0.2, -0.15) is 0 Å². The van der Waals surface area contributed by atoms with E-state index in [2.05, 4.69) is 4.99 Å². The van der Waals surface area contributed by atoms with Crippen molar-refractivity contribution in [2.75, 3.05) is 7.11 Å². The zero-order valence-electron chi connectivity index (χ0n) is 14.2. The molecule has 0 unspecified atom stereocenters. The van der Waals surface area contributed by atoms with Gasteiger partial charge in [-0.05, 0) is 61.7 Å². The van der Waals surface area contributed by atoms with E-state index < -0.39 is 12.1 Å². The number of nitrogens with zero attached hydrogens (tertiary/aromatic N) is 1. The van der Waals surface area contributed by atoms with Gasteiger partial charge < -0.3 is 14.6 Å². The van der Waals surface area contributed by atoms with Gasteiger partial charge in [0.05, 0.1) is 12.8 Å². The molecule has 0 radical (unpaired) electrons. The summed E-state index contributed by atoms with van der Waals surface area (Å²) in [6, 6.07) is 11.4. The van der Waals surface area contributed by atoms with Crippen LogP contribution in [0.25, 0.3) is 0 Å². The first-order valence-corrected chi connectivity index (χ1v) is 7.59. The molecule has 0 spiro atoms. The minimum atomic E-state index is -1.03. The van der Waals surface area contributed by atoms with Gasteiger partial charge >= 0.3 is 5.97 Å². The number of methoxy groups -OCH3 is 1. The van der Waals surface area contributed by atoms with Crippen molar-refractivity contribution >= 4 is 17.9 Å². The molecule has 5 nitrogen and oxygen atoms in total. The summed E-state index contributed by atoms with van der Waals surface area (Å²) in [4.78, 5) is 15.4. The van der Waals surface area contributed by atoms with Gasteiger partial charge in [-0.15, -0.1) is 0 Å². The van der Waals surface area contributed by atoms with E-state index in [1.807, 2.05) is 32.0 Å². The van der Waals surface area contributed by atoms with Crippen molar-refractivity contribution in [1.82, 2.24) is 0 Å². The average Bonchev–Trinajstić information content (AvgIpc) is 2.56. The number of hydrogen-bond donors (Lipinski definition) is 1. The molecule has 1 N–H and O–H groups in total. The minimum Gasteiger partial charge on any atom is -0.493 e. The zero-order valence-corrected chi connectivity index (χ0v) is 14.2. The van der Waals surface area contributed by atoms with Gasteiger partial charge in [0.25, 0.3) is 0 Å². The van der Waals surface area contributed by atoms with E-state index in [0.29, 0.717) is 11.5 Å². The Bertz CT molecular complexity index is 768. The molecule has 0 heterocycles. The molecule has 1 atom stereocenters. The number of carboxylic acid groups (broad SMARTS) is 1. The summed E-state index contributed by atoms with van der Waals surface area (Å²) >= 11 is 0. The van der Waals surface area contributed by atoms with Crippen LogP contribution >= 0.6 is 0 Å². The second kappa shape index (κ2) is 7.64. The average molecular weight is 327 g/mol. The van der Waals surface area contributed by atoms with Crippen molar-refractivity contribution in [3.8, 4) is 11.5 Å². The first kappa shape index (κ1) is 17.5. The highest BCUT2D eigenvalue weighted by Crippen LogP contribution is 2.29. The fourth-order valence-corrected chi connectivity index (χ4v) is 2.11. The smallest absolute Gasteiger partial charge is 0.344 e. The Kier molecular flexibility index (Phi) is 5.58. The largest absolute Gasteiger partial charge is 0.493 e. The summed E-state index contributed by atoms with van der Waals surface area (Å²) in [5.41, 5.74) is 3.99. The summed E-state index contributed by atoms with van der Waals surface area (Å²) in [5, 5.41) is 8.93. The summed E-state index contributed by atoms with van der Waals surface area (Å²) in [6.07, 6.45) is 0.794. The molecular formula is C19H21NO4. The highest BCUT2D eigenvalue weighted by molar-refractivity contribution is 5.83. The maximum Gasteiger partial charge on any atom is 0.344 e. The van der Waals surface area contributed by atoms with Crippen LogP contribution in [0.5, 0.6) is 11.5 Å². The van der Waals surface area contributed by atoms with Crippen molar-refractivity contribution in [1.29, 1.82) is 0 Å². The highest BCUT2D eigenvalue weighted by Gasteiger charge is 2.15. The minimum absolute atomic E-state index is 0.385. The van der Waals surface area contributed by atoms with E-state index in [0.717, 1.165) is 22.4 Å². The first-order valence-electron chi connectivity index (χ1n) is 7.59. The predicted molar refractivity (Wildman–Crippen MR) is 93.9 cm³/mol. The lowest BCUT2D eigenvalue weighted by molar-refractivity contribution is -0.144. The molecule has 0 amide bonds. The number of benzene rings is 2.